The van der Waals surface area contributed by atoms with E-state index in [0.29, 0.717) is 0 Å². The molecule has 6 nitrogen and oxygen atoms in total. The van der Waals surface area contributed by atoms with Crippen molar-refractivity contribution in [3.63, 3.8) is 0 Å². The number of halogens is 3. The number of aromatic amines is 2. The van der Waals surface area contributed by atoms with Crippen LogP contribution in [0.2, 0.25) is 0 Å². The minimum absolute atomic E-state index is 0.0497. The summed E-state index contributed by atoms with van der Waals surface area (Å²) >= 11 is 0. The van der Waals surface area contributed by atoms with Crippen LogP contribution < -0.4 is 11.2 Å². The summed E-state index contributed by atoms with van der Waals surface area (Å²) < 4.78 is 40.6. The number of imidazole rings is 1. The zero-order chi connectivity index (χ0) is 15.2. The maximum absolute atomic E-state index is 13.2. The SMILES string of the molecule is O=c1[nH]c(=O)c2cc(-n3ccnc3)c(C(F)(F)F)cc2[nH]1. The van der Waals surface area contributed by atoms with Gasteiger partial charge in [-0.05, 0) is 12.1 Å². The molecule has 3 aromatic rings. The van der Waals surface area contributed by atoms with E-state index < -0.39 is 23.0 Å². The van der Waals surface area contributed by atoms with Crippen LogP contribution in [0.5, 0.6) is 0 Å². The molecule has 0 saturated heterocycles. The molecule has 0 radical (unpaired) electrons. The maximum Gasteiger partial charge on any atom is 0.418 e. The topological polar surface area (TPSA) is 83.5 Å². The molecular weight excluding hydrogens is 289 g/mol. The molecule has 0 aliphatic heterocycles. The summed E-state index contributed by atoms with van der Waals surface area (Å²) in [6, 6.07) is 1.80. The lowest BCUT2D eigenvalue weighted by atomic mass is 10.1. The fraction of sp³-hybridized carbons (Fsp3) is 0.0833. The highest BCUT2D eigenvalue weighted by molar-refractivity contribution is 5.81. The van der Waals surface area contributed by atoms with Crippen LogP contribution in [0.3, 0.4) is 0 Å². The Hall–Kier alpha value is -2.84. The van der Waals surface area contributed by atoms with Crippen molar-refractivity contribution in [3.05, 3.63) is 57.3 Å². The monoisotopic (exact) mass is 296 g/mol. The Morgan fingerprint density at radius 1 is 1.14 bits per heavy atom. The van der Waals surface area contributed by atoms with E-state index in [1.54, 1.807) is 0 Å². The number of alkyl halides is 3. The second kappa shape index (κ2) is 4.33. The van der Waals surface area contributed by atoms with Crippen molar-refractivity contribution in [2.45, 2.75) is 6.18 Å². The van der Waals surface area contributed by atoms with Crippen molar-refractivity contribution in [1.82, 2.24) is 19.5 Å². The summed E-state index contributed by atoms with van der Waals surface area (Å²) in [6.45, 7) is 0. The van der Waals surface area contributed by atoms with Crippen LogP contribution in [0.15, 0.2) is 40.4 Å². The van der Waals surface area contributed by atoms with Crippen molar-refractivity contribution < 1.29 is 13.2 Å². The summed E-state index contributed by atoms with van der Waals surface area (Å²) in [5.74, 6) is 0. The largest absolute Gasteiger partial charge is 0.418 e. The Balaban J connectivity index is 2.45. The number of hydrogen-bond acceptors (Lipinski definition) is 3. The molecule has 2 N–H and O–H groups in total. The van der Waals surface area contributed by atoms with Gasteiger partial charge in [0.2, 0.25) is 0 Å². The van der Waals surface area contributed by atoms with Gasteiger partial charge in [-0.3, -0.25) is 9.78 Å². The van der Waals surface area contributed by atoms with Gasteiger partial charge in [0, 0.05) is 12.4 Å². The molecule has 2 aromatic heterocycles. The van der Waals surface area contributed by atoms with E-state index in [4.69, 9.17) is 0 Å². The number of fused-ring (bicyclic) bond motifs is 1. The van der Waals surface area contributed by atoms with E-state index in [-0.39, 0.29) is 16.6 Å². The molecule has 3 rings (SSSR count). The van der Waals surface area contributed by atoms with E-state index in [2.05, 4.69) is 9.97 Å². The Kier molecular flexibility index (Phi) is 2.71. The molecule has 0 spiro atoms. The molecular formula is C12H7F3N4O2. The predicted molar refractivity (Wildman–Crippen MR) is 67.3 cm³/mol. The summed E-state index contributed by atoms with van der Waals surface area (Å²) in [6.07, 6.45) is -0.804. The van der Waals surface area contributed by atoms with Crippen molar-refractivity contribution in [2.24, 2.45) is 0 Å². The van der Waals surface area contributed by atoms with E-state index in [0.717, 1.165) is 16.7 Å². The second-order valence-corrected chi connectivity index (χ2v) is 4.29. The molecule has 2 heterocycles. The lowest BCUT2D eigenvalue weighted by molar-refractivity contribution is -0.137. The van der Waals surface area contributed by atoms with Crippen molar-refractivity contribution in [3.8, 4) is 5.69 Å². The van der Waals surface area contributed by atoms with Gasteiger partial charge in [0.15, 0.2) is 0 Å². The van der Waals surface area contributed by atoms with Gasteiger partial charge in [-0.15, -0.1) is 0 Å². The Labute approximate surface area is 113 Å². The number of H-pyrrole nitrogens is 2. The molecule has 0 bridgehead atoms. The third-order valence-corrected chi connectivity index (χ3v) is 2.94. The Morgan fingerprint density at radius 2 is 1.90 bits per heavy atom. The van der Waals surface area contributed by atoms with Crippen molar-refractivity contribution in [1.29, 1.82) is 0 Å². The van der Waals surface area contributed by atoms with E-state index in [1.807, 2.05) is 4.98 Å². The highest BCUT2D eigenvalue weighted by Gasteiger charge is 2.34. The van der Waals surface area contributed by atoms with Gasteiger partial charge >= 0.3 is 11.9 Å². The molecule has 9 heteroatoms. The molecule has 108 valence electrons. The molecule has 0 saturated carbocycles. The first-order valence-corrected chi connectivity index (χ1v) is 5.72. The van der Waals surface area contributed by atoms with Gasteiger partial charge in [-0.2, -0.15) is 13.2 Å². The van der Waals surface area contributed by atoms with Gasteiger partial charge < -0.3 is 9.55 Å². The Morgan fingerprint density at radius 3 is 2.52 bits per heavy atom. The summed E-state index contributed by atoms with van der Waals surface area (Å²) in [5, 5.41) is -0.0497. The van der Waals surface area contributed by atoms with Crippen LogP contribution in [0, 0.1) is 0 Å². The molecule has 21 heavy (non-hydrogen) atoms. The van der Waals surface area contributed by atoms with Crippen LogP contribution in [0.25, 0.3) is 16.6 Å². The number of aromatic nitrogens is 4. The number of rotatable bonds is 1. The number of nitrogens with one attached hydrogen (secondary N) is 2. The second-order valence-electron chi connectivity index (χ2n) is 4.29. The first kappa shape index (κ1) is 13.2. The van der Waals surface area contributed by atoms with E-state index >= 15 is 0 Å². The van der Waals surface area contributed by atoms with Gasteiger partial charge in [0.25, 0.3) is 5.56 Å². The van der Waals surface area contributed by atoms with Crippen LogP contribution >= 0.6 is 0 Å². The average molecular weight is 296 g/mol. The van der Waals surface area contributed by atoms with Crippen molar-refractivity contribution in [2.75, 3.05) is 0 Å². The molecule has 1 aromatic carbocycles. The quantitative estimate of drug-likeness (QED) is 0.712. The third kappa shape index (κ3) is 2.22. The summed E-state index contributed by atoms with van der Waals surface area (Å²) in [5.41, 5.74) is -3.03. The molecule has 0 amide bonds. The fourth-order valence-corrected chi connectivity index (χ4v) is 2.05. The van der Waals surface area contributed by atoms with Gasteiger partial charge in [-0.1, -0.05) is 0 Å². The Bertz CT molecular complexity index is 922. The van der Waals surface area contributed by atoms with E-state index in [1.165, 1.54) is 18.7 Å². The zero-order valence-electron chi connectivity index (χ0n) is 10.2. The molecule has 0 unspecified atom stereocenters. The lowest BCUT2D eigenvalue weighted by Crippen LogP contribution is -2.23. The summed E-state index contributed by atoms with van der Waals surface area (Å²) in [7, 11) is 0. The zero-order valence-corrected chi connectivity index (χ0v) is 10.2. The first-order chi connectivity index (χ1) is 9.86. The molecule has 0 atom stereocenters. The van der Waals surface area contributed by atoms with Crippen molar-refractivity contribution >= 4 is 10.9 Å². The lowest BCUT2D eigenvalue weighted by Gasteiger charge is -2.14. The minimum Gasteiger partial charge on any atom is -0.307 e. The fourth-order valence-electron chi connectivity index (χ4n) is 2.05. The van der Waals surface area contributed by atoms with Crippen LogP contribution in [-0.2, 0) is 6.18 Å². The molecule has 0 aliphatic carbocycles. The highest BCUT2D eigenvalue weighted by atomic mass is 19.4. The third-order valence-electron chi connectivity index (χ3n) is 2.94. The number of hydrogen-bond donors (Lipinski definition) is 2. The van der Waals surface area contributed by atoms with Crippen LogP contribution in [0.1, 0.15) is 5.56 Å². The molecule has 0 aliphatic rings. The maximum atomic E-state index is 13.2. The average Bonchev–Trinajstić information content (AvgIpc) is 2.90. The van der Waals surface area contributed by atoms with Crippen LogP contribution in [-0.4, -0.2) is 19.5 Å². The normalized spacial score (nSPS) is 12.0. The van der Waals surface area contributed by atoms with Crippen LogP contribution in [0.4, 0.5) is 13.2 Å². The highest BCUT2D eigenvalue weighted by Crippen LogP contribution is 2.35. The van der Waals surface area contributed by atoms with Gasteiger partial charge in [-0.25, -0.2) is 9.78 Å². The standard InChI is InChI=1S/C12H7F3N4O2/c13-12(14,15)7-4-8-6(10(20)18-11(21)17-8)3-9(7)19-2-1-16-5-19/h1-5H,(H2,17,18,20,21). The first-order valence-electron chi connectivity index (χ1n) is 5.72. The number of benzene rings is 1. The molecule has 0 fully saturated rings. The summed E-state index contributed by atoms with van der Waals surface area (Å²) in [4.78, 5) is 30.7. The minimum atomic E-state index is -4.65. The predicted octanol–water partition coefficient (Wildman–Crippen LogP) is 1.42. The van der Waals surface area contributed by atoms with E-state index in [9.17, 15) is 22.8 Å². The smallest absolute Gasteiger partial charge is 0.307 e. The van der Waals surface area contributed by atoms with Gasteiger partial charge in [0.05, 0.1) is 28.5 Å². The number of nitrogens with zero attached hydrogens (tertiary/aromatic N) is 2. The van der Waals surface area contributed by atoms with Gasteiger partial charge in [0.1, 0.15) is 0 Å².